The molecular formula is C14H26IN3O. The van der Waals surface area contributed by atoms with E-state index >= 15 is 0 Å². The molecule has 110 valence electrons. The Kier molecular flexibility index (Phi) is 4.98. The van der Waals surface area contributed by atoms with Crippen LogP contribution in [0, 0.1) is 11.3 Å². The van der Waals surface area contributed by atoms with Gasteiger partial charge in [-0.3, -0.25) is 4.99 Å². The Morgan fingerprint density at radius 2 is 2.26 bits per heavy atom. The third kappa shape index (κ3) is 3.35. The van der Waals surface area contributed by atoms with Gasteiger partial charge in [0.05, 0.1) is 6.61 Å². The van der Waals surface area contributed by atoms with Crippen molar-refractivity contribution in [1.29, 1.82) is 0 Å². The van der Waals surface area contributed by atoms with Crippen molar-refractivity contribution in [3.63, 3.8) is 0 Å². The van der Waals surface area contributed by atoms with Crippen molar-refractivity contribution in [3.8, 4) is 0 Å². The van der Waals surface area contributed by atoms with Gasteiger partial charge in [0.15, 0.2) is 5.96 Å². The quantitative estimate of drug-likeness (QED) is 0.454. The number of ether oxygens (including phenoxy) is 1. The zero-order valence-electron chi connectivity index (χ0n) is 12.0. The van der Waals surface area contributed by atoms with E-state index in [1.807, 2.05) is 0 Å². The molecule has 4 nitrogen and oxygen atoms in total. The molecule has 1 saturated carbocycles. The highest BCUT2D eigenvalue weighted by Gasteiger charge is 2.43. The topological polar surface area (TPSA) is 36.9 Å². The van der Waals surface area contributed by atoms with Gasteiger partial charge in [-0.05, 0) is 32.1 Å². The summed E-state index contributed by atoms with van der Waals surface area (Å²) in [5.41, 5.74) is 0.422. The van der Waals surface area contributed by atoms with E-state index in [4.69, 9.17) is 4.74 Å². The summed E-state index contributed by atoms with van der Waals surface area (Å²) in [6.45, 7) is 9.43. The predicted octanol–water partition coefficient (Wildman–Crippen LogP) is 2.09. The van der Waals surface area contributed by atoms with Gasteiger partial charge in [-0.1, -0.05) is 6.92 Å². The molecule has 2 saturated heterocycles. The van der Waals surface area contributed by atoms with Gasteiger partial charge in [0.25, 0.3) is 0 Å². The van der Waals surface area contributed by atoms with Crippen LogP contribution in [0.5, 0.6) is 0 Å². The Balaban J connectivity index is 0.00000133. The maximum atomic E-state index is 5.59. The highest BCUT2D eigenvalue weighted by atomic mass is 127. The lowest BCUT2D eigenvalue weighted by Crippen LogP contribution is -2.43. The molecule has 5 heteroatoms. The second-order valence-electron chi connectivity index (χ2n) is 6.24. The first-order valence-electron chi connectivity index (χ1n) is 7.36. The van der Waals surface area contributed by atoms with Crippen LogP contribution in [0.3, 0.4) is 0 Å². The zero-order chi connectivity index (χ0) is 12.6. The highest BCUT2D eigenvalue weighted by Crippen LogP contribution is 2.38. The molecule has 0 aromatic carbocycles. The Labute approximate surface area is 133 Å². The molecule has 0 aromatic rings. The largest absolute Gasteiger partial charge is 0.381 e. The fourth-order valence-electron chi connectivity index (χ4n) is 3.16. The summed E-state index contributed by atoms with van der Waals surface area (Å²) >= 11 is 0. The number of nitrogens with one attached hydrogen (secondary N) is 1. The van der Waals surface area contributed by atoms with E-state index in [1.165, 1.54) is 19.3 Å². The monoisotopic (exact) mass is 379 g/mol. The molecule has 0 radical (unpaired) electrons. The van der Waals surface area contributed by atoms with E-state index in [0.717, 1.165) is 44.7 Å². The van der Waals surface area contributed by atoms with Gasteiger partial charge in [-0.25, -0.2) is 0 Å². The summed E-state index contributed by atoms with van der Waals surface area (Å²) in [7, 11) is 0. The molecule has 2 heterocycles. The van der Waals surface area contributed by atoms with Crippen LogP contribution in [0.4, 0.5) is 0 Å². The normalized spacial score (nSPS) is 37.6. The maximum Gasteiger partial charge on any atom is 0.194 e. The first-order chi connectivity index (χ1) is 8.72. The standard InChI is InChI=1S/C14H25N3O.HI/c1-3-15-13(16-12-8-11(12)2)17-6-4-14(9-17)5-7-18-10-14;/h11-12H,3-10H2,1-2H3,(H,15,16);1H. The second kappa shape index (κ2) is 6.16. The van der Waals surface area contributed by atoms with Crippen molar-refractivity contribution in [2.45, 2.75) is 39.2 Å². The Morgan fingerprint density at radius 1 is 1.47 bits per heavy atom. The average Bonchev–Trinajstić information content (AvgIpc) is 2.83. The second-order valence-corrected chi connectivity index (χ2v) is 6.24. The Morgan fingerprint density at radius 3 is 2.84 bits per heavy atom. The summed E-state index contributed by atoms with van der Waals surface area (Å²) in [4.78, 5) is 7.11. The van der Waals surface area contributed by atoms with E-state index in [2.05, 4.69) is 29.1 Å². The van der Waals surface area contributed by atoms with E-state index in [-0.39, 0.29) is 24.0 Å². The smallest absolute Gasteiger partial charge is 0.194 e. The summed E-state index contributed by atoms with van der Waals surface area (Å²) in [6, 6.07) is 0.659. The van der Waals surface area contributed by atoms with Crippen LogP contribution in [0.25, 0.3) is 0 Å². The summed E-state index contributed by atoms with van der Waals surface area (Å²) in [5.74, 6) is 1.95. The minimum absolute atomic E-state index is 0. The van der Waals surface area contributed by atoms with Crippen LogP contribution in [-0.2, 0) is 4.74 Å². The van der Waals surface area contributed by atoms with Gasteiger partial charge in [-0.15, -0.1) is 24.0 Å². The molecule has 0 amide bonds. The molecule has 19 heavy (non-hydrogen) atoms. The van der Waals surface area contributed by atoms with E-state index in [0.29, 0.717) is 11.5 Å². The van der Waals surface area contributed by atoms with Gasteiger partial charge in [-0.2, -0.15) is 0 Å². The summed E-state index contributed by atoms with van der Waals surface area (Å²) < 4.78 is 5.59. The van der Waals surface area contributed by atoms with Crippen LogP contribution in [-0.4, -0.2) is 49.7 Å². The number of halogens is 1. The third-order valence-corrected chi connectivity index (χ3v) is 4.65. The molecule has 0 aromatic heterocycles. The van der Waals surface area contributed by atoms with Crippen molar-refractivity contribution < 1.29 is 4.74 Å². The minimum Gasteiger partial charge on any atom is -0.381 e. The first-order valence-corrected chi connectivity index (χ1v) is 7.36. The molecule has 1 N–H and O–H groups in total. The van der Waals surface area contributed by atoms with Gasteiger partial charge in [0.2, 0.25) is 0 Å². The number of likely N-dealkylation sites (tertiary alicyclic amines) is 1. The fourth-order valence-corrected chi connectivity index (χ4v) is 3.16. The van der Waals surface area contributed by atoms with Crippen LogP contribution in [0.1, 0.15) is 33.1 Å². The zero-order valence-corrected chi connectivity index (χ0v) is 14.4. The first kappa shape index (κ1) is 15.4. The highest BCUT2D eigenvalue weighted by molar-refractivity contribution is 14.0. The lowest BCUT2D eigenvalue weighted by atomic mass is 9.87. The van der Waals surface area contributed by atoms with Crippen molar-refractivity contribution >= 4 is 29.9 Å². The lowest BCUT2D eigenvalue weighted by Gasteiger charge is -2.25. The lowest BCUT2D eigenvalue weighted by molar-refractivity contribution is 0.156. The van der Waals surface area contributed by atoms with Crippen LogP contribution >= 0.6 is 24.0 Å². The minimum atomic E-state index is 0. The Bertz CT molecular complexity index is 342. The molecule has 1 aliphatic carbocycles. The van der Waals surface area contributed by atoms with E-state index in [9.17, 15) is 0 Å². The van der Waals surface area contributed by atoms with Crippen LogP contribution < -0.4 is 5.32 Å². The molecule has 3 fully saturated rings. The van der Waals surface area contributed by atoms with Gasteiger partial charge in [0, 0.05) is 37.7 Å². The van der Waals surface area contributed by atoms with E-state index in [1.54, 1.807) is 0 Å². The van der Waals surface area contributed by atoms with Crippen molar-refractivity contribution in [3.05, 3.63) is 0 Å². The molecule has 2 aliphatic heterocycles. The number of nitrogens with zero attached hydrogens (tertiary/aromatic N) is 2. The SMILES string of the molecule is CCN=C(NC1CC1C)N1CCC2(CCOC2)C1.I. The summed E-state index contributed by atoms with van der Waals surface area (Å²) in [5, 5.41) is 3.63. The van der Waals surface area contributed by atoms with Crippen LogP contribution in [0.2, 0.25) is 0 Å². The van der Waals surface area contributed by atoms with Crippen molar-refractivity contribution in [2.75, 3.05) is 32.8 Å². The molecular weight excluding hydrogens is 353 g/mol. The molecule has 3 unspecified atom stereocenters. The average molecular weight is 379 g/mol. The number of aliphatic imine (C=N–C) groups is 1. The Hall–Kier alpha value is -0.0400. The summed E-state index contributed by atoms with van der Waals surface area (Å²) in [6.07, 6.45) is 3.78. The maximum absolute atomic E-state index is 5.59. The van der Waals surface area contributed by atoms with Crippen LogP contribution in [0.15, 0.2) is 4.99 Å². The molecule has 0 bridgehead atoms. The van der Waals surface area contributed by atoms with Crippen molar-refractivity contribution in [1.82, 2.24) is 10.2 Å². The molecule has 3 rings (SSSR count). The number of guanidine groups is 1. The van der Waals surface area contributed by atoms with Gasteiger partial charge >= 0.3 is 0 Å². The number of rotatable bonds is 2. The molecule has 1 spiro atoms. The van der Waals surface area contributed by atoms with Gasteiger partial charge < -0.3 is 15.0 Å². The third-order valence-electron chi connectivity index (χ3n) is 4.65. The predicted molar refractivity (Wildman–Crippen MR) is 88.2 cm³/mol. The van der Waals surface area contributed by atoms with Gasteiger partial charge in [0.1, 0.15) is 0 Å². The molecule has 3 atom stereocenters. The molecule has 3 aliphatic rings. The fraction of sp³-hybridized carbons (Fsp3) is 0.929. The number of hydrogen-bond acceptors (Lipinski definition) is 2. The van der Waals surface area contributed by atoms with E-state index < -0.39 is 0 Å². The number of hydrogen-bond donors (Lipinski definition) is 1. The van der Waals surface area contributed by atoms with Crippen molar-refractivity contribution in [2.24, 2.45) is 16.3 Å².